The van der Waals surface area contributed by atoms with Gasteiger partial charge in [0.25, 0.3) is 0 Å². The van der Waals surface area contributed by atoms with Gasteiger partial charge in [-0.1, -0.05) is 19.1 Å². The van der Waals surface area contributed by atoms with Crippen LogP contribution in [-0.4, -0.2) is 26.9 Å². The lowest BCUT2D eigenvalue weighted by Crippen LogP contribution is -2.29. The molecule has 0 bridgehead atoms. The van der Waals surface area contributed by atoms with Gasteiger partial charge in [-0.25, -0.2) is 0 Å². The van der Waals surface area contributed by atoms with E-state index in [0.717, 1.165) is 24.4 Å². The first kappa shape index (κ1) is 14.6. The summed E-state index contributed by atoms with van der Waals surface area (Å²) in [5.41, 5.74) is 2.55. The molecule has 0 spiro atoms. The molecule has 1 heterocycles. The summed E-state index contributed by atoms with van der Waals surface area (Å²) >= 11 is 0. The number of benzene rings is 1. The Kier molecular flexibility index (Phi) is 4.81. The second-order valence-electron chi connectivity index (χ2n) is 4.53. The first-order valence-corrected chi connectivity index (χ1v) is 6.78. The van der Waals surface area contributed by atoms with Gasteiger partial charge >= 0.3 is 7.12 Å². The van der Waals surface area contributed by atoms with Crippen LogP contribution in [0.15, 0.2) is 30.3 Å². The van der Waals surface area contributed by atoms with Gasteiger partial charge in [0.2, 0.25) is 0 Å². The van der Waals surface area contributed by atoms with Crippen LogP contribution in [0, 0.1) is 0 Å². The van der Waals surface area contributed by atoms with Crippen LogP contribution in [0.4, 0.5) is 0 Å². The molecule has 2 aromatic rings. The standard InChI is InChI=1S/C14H19BN2O3/c1-3-12-9-13(17(4-2)16-12)10-20-14-7-5-11(6-8-14)15(18)19/h5-9,18-19H,3-4,10H2,1-2H3. The van der Waals surface area contributed by atoms with Crippen molar-refractivity contribution >= 4 is 12.6 Å². The maximum absolute atomic E-state index is 9.02. The molecule has 2 N–H and O–H groups in total. The van der Waals surface area contributed by atoms with E-state index in [1.54, 1.807) is 24.3 Å². The average Bonchev–Trinajstić information content (AvgIpc) is 2.88. The van der Waals surface area contributed by atoms with Gasteiger partial charge in [0.05, 0.1) is 11.4 Å². The Hall–Kier alpha value is -1.79. The van der Waals surface area contributed by atoms with Crippen LogP contribution in [0.5, 0.6) is 5.75 Å². The van der Waals surface area contributed by atoms with Crippen LogP contribution < -0.4 is 10.2 Å². The first-order chi connectivity index (χ1) is 9.63. The fraction of sp³-hybridized carbons (Fsp3) is 0.357. The van der Waals surface area contributed by atoms with Crippen molar-refractivity contribution in [2.75, 3.05) is 0 Å². The molecule has 1 aromatic heterocycles. The quantitative estimate of drug-likeness (QED) is 0.762. The number of hydrogen-bond donors (Lipinski definition) is 2. The number of aryl methyl sites for hydroxylation is 2. The molecule has 0 saturated heterocycles. The molecule has 20 heavy (non-hydrogen) atoms. The lowest BCUT2D eigenvalue weighted by molar-refractivity contribution is 0.292. The van der Waals surface area contributed by atoms with E-state index in [1.807, 2.05) is 11.6 Å². The summed E-state index contributed by atoms with van der Waals surface area (Å²) in [6.45, 7) is 5.38. The molecule has 0 atom stereocenters. The first-order valence-electron chi connectivity index (χ1n) is 6.78. The summed E-state index contributed by atoms with van der Waals surface area (Å²) in [7, 11) is -1.45. The predicted octanol–water partition coefficient (Wildman–Crippen LogP) is 0.724. The van der Waals surface area contributed by atoms with Crippen LogP contribution >= 0.6 is 0 Å². The van der Waals surface area contributed by atoms with Crippen molar-refractivity contribution in [3.63, 3.8) is 0 Å². The van der Waals surface area contributed by atoms with Crippen molar-refractivity contribution < 1.29 is 14.8 Å². The van der Waals surface area contributed by atoms with Gasteiger partial charge in [-0.3, -0.25) is 4.68 Å². The highest BCUT2D eigenvalue weighted by Crippen LogP contribution is 2.12. The van der Waals surface area contributed by atoms with Crippen LogP contribution in [-0.2, 0) is 19.6 Å². The minimum atomic E-state index is -1.45. The molecule has 0 radical (unpaired) electrons. The highest BCUT2D eigenvalue weighted by atomic mass is 16.5. The third kappa shape index (κ3) is 3.40. The second kappa shape index (κ2) is 6.59. The van der Waals surface area contributed by atoms with Crippen molar-refractivity contribution in [3.8, 4) is 5.75 Å². The molecule has 5 nitrogen and oxygen atoms in total. The maximum Gasteiger partial charge on any atom is 0.488 e. The molecule has 6 heteroatoms. The molecule has 0 aliphatic heterocycles. The molecule has 0 aliphatic carbocycles. The summed E-state index contributed by atoms with van der Waals surface area (Å²) in [6, 6.07) is 8.77. The lowest BCUT2D eigenvalue weighted by atomic mass is 9.80. The zero-order chi connectivity index (χ0) is 14.5. The smallest absolute Gasteiger partial charge is 0.487 e. The molecule has 0 amide bonds. The molecule has 0 unspecified atom stereocenters. The Morgan fingerprint density at radius 3 is 2.45 bits per heavy atom. The summed E-state index contributed by atoms with van der Waals surface area (Å²) in [5, 5.41) is 22.5. The minimum Gasteiger partial charge on any atom is -0.487 e. The summed E-state index contributed by atoms with van der Waals surface area (Å²) in [4.78, 5) is 0. The van der Waals surface area contributed by atoms with Crippen molar-refractivity contribution in [2.24, 2.45) is 0 Å². The van der Waals surface area contributed by atoms with E-state index in [4.69, 9.17) is 14.8 Å². The largest absolute Gasteiger partial charge is 0.488 e. The highest BCUT2D eigenvalue weighted by Gasteiger charge is 2.10. The van der Waals surface area contributed by atoms with Crippen molar-refractivity contribution in [1.29, 1.82) is 0 Å². The number of aromatic nitrogens is 2. The molecule has 1 aromatic carbocycles. The Morgan fingerprint density at radius 2 is 1.90 bits per heavy atom. The zero-order valence-corrected chi connectivity index (χ0v) is 11.8. The van der Waals surface area contributed by atoms with E-state index in [1.165, 1.54) is 0 Å². The van der Waals surface area contributed by atoms with Gasteiger partial charge in [-0.2, -0.15) is 5.10 Å². The SMILES string of the molecule is CCc1cc(COc2ccc(B(O)O)cc2)n(CC)n1. The van der Waals surface area contributed by atoms with E-state index in [2.05, 4.69) is 18.1 Å². The van der Waals surface area contributed by atoms with Gasteiger partial charge in [0, 0.05) is 6.54 Å². The van der Waals surface area contributed by atoms with Crippen molar-refractivity contribution in [1.82, 2.24) is 9.78 Å². The van der Waals surface area contributed by atoms with Crippen LogP contribution in [0.1, 0.15) is 25.2 Å². The predicted molar refractivity (Wildman–Crippen MR) is 77.9 cm³/mol. The molecular weight excluding hydrogens is 255 g/mol. The molecule has 2 rings (SSSR count). The van der Waals surface area contributed by atoms with Gasteiger partial charge in [-0.15, -0.1) is 0 Å². The van der Waals surface area contributed by atoms with Gasteiger partial charge in [0.15, 0.2) is 0 Å². The van der Waals surface area contributed by atoms with E-state index >= 15 is 0 Å². The summed E-state index contributed by atoms with van der Waals surface area (Å²) in [6.07, 6.45) is 0.906. The summed E-state index contributed by atoms with van der Waals surface area (Å²) < 4.78 is 7.64. The lowest BCUT2D eigenvalue weighted by Gasteiger charge is -2.08. The van der Waals surface area contributed by atoms with E-state index < -0.39 is 7.12 Å². The van der Waals surface area contributed by atoms with Crippen LogP contribution in [0.3, 0.4) is 0 Å². The molecule has 106 valence electrons. The third-order valence-electron chi connectivity index (χ3n) is 3.14. The molecular formula is C14H19BN2O3. The normalized spacial score (nSPS) is 10.6. The van der Waals surface area contributed by atoms with Crippen molar-refractivity contribution in [2.45, 2.75) is 33.4 Å². The zero-order valence-electron chi connectivity index (χ0n) is 11.8. The number of nitrogens with zero attached hydrogens (tertiary/aromatic N) is 2. The topological polar surface area (TPSA) is 67.5 Å². The maximum atomic E-state index is 9.02. The number of rotatable bonds is 6. The Bertz CT molecular complexity index is 552. The third-order valence-corrected chi connectivity index (χ3v) is 3.14. The van der Waals surface area contributed by atoms with E-state index in [-0.39, 0.29) is 0 Å². The highest BCUT2D eigenvalue weighted by molar-refractivity contribution is 6.58. The fourth-order valence-corrected chi connectivity index (χ4v) is 1.97. The van der Waals surface area contributed by atoms with Crippen molar-refractivity contribution in [3.05, 3.63) is 41.7 Å². The van der Waals surface area contributed by atoms with Gasteiger partial charge < -0.3 is 14.8 Å². The molecule has 0 saturated carbocycles. The monoisotopic (exact) mass is 274 g/mol. The molecule has 0 fully saturated rings. The fourth-order valence-electron chi connectivity index (χ4n) is 1.97. The van der Waals surface area contributed by atoms with Gasteiger partial charge in [-0.05, 0) is 37.0 Å². The summed E-state index contributed by atoms with van der Waals surface area (Å²) in [5.74, 6) is 0.691. The Labute approximate surface area is 119 Å². The number of ether oxygens (including phenoxy) is 1. The average molecular weight is 274 g/mol. The second-order valence-corrected chi connectivity index (χ2v) is 4.53. The van der Waals surface area contributed by atoms with Gasteiger partial charge in [0.1, 0.15) is 12.4 Å². The molecule has 0 aliphatic rings. The number of hydrogen-bond acceptors (Lipinski definition) is 4. The van der Waals surface area contributed by atoms with E-state index in [9.17, 15) is 0 Å². The Balaban J connectivity index is 2.02. The minimum absolute atomic E-state index is 0.446. The van der Waals surface area contributed by atoms with Crippen LogP contribution in [0.2, 0.25) is 0 Å². The van der Waals surface area contributed by atoms with Crippen LogP contribution in [0.25, 0.3) is 0 Å². The Morgan fingerprint density at radius 1 is 1.20 bits per heavy atom. The van der Waals surface area contributed by atoms with E-state index in [0.29, 0.717) is 17.8 Å².